The average molecular weight is 584 g/mol. The van der Waals surface area contributed by atoms with Crippen LogP contribution in [0.15, 0.2) is 48.5 Å². The summed E-state index contributed by atoms with van der Waals surface area (Å²) in [5.41, 5.74) is 2.87. The van der Waals surface area contributed by atoms with Crippen LogP contribution in [0.5, 0.6) is 0 Å². The van der Waals surface area contributed by atoms with Gasteiger partial charge in [0, 0.05) is 23.7 Å². The van der Waals surface area contributed by atoms with Crippen molar-refractivity contribution in [3.05, 3.63) is 64.7 Å². The standard InChI is InChI=1S/C32H42ClN3O5/c33-26-14-8-11-24(19-26)22-41-32(40)35-28(20-23-9-2-1-3-10-23)31(39)34-27(21-37)16-17-30(38)36-18-7-6-13-25-12-4-5-15-29(25)36/h4-5,8,11-12,14-15,19,23,27-28,37H,1-3,6-7,9-10,13,16-18,20-22H2,(H,34,39)(H,35,40)/t27-,28-/m0/s1. The largest absolute Gasteiger partial charge is 0.445 e. The molecule has 2 atom stereocenters. The number of carbonyl (C=O) groups is 3. The van der Waals surface area contributed by atoms with Gasteiger partial charge >= 0.3 is 6.09 Å². The minimum absolute atomic E-state index is 0.0199. The Labute approximate surface area is 247 Å². The van der Waals surface area contributed by atoms with Crippen molar-refractivity contribution < 1.29 is 24.2 Å². The van der Waals surface area contributed by atoms with Gasteiger partial charge in [0.2, 0.25) is 11.8 Å². The average Bonchev–Trinajstić information content (AvgIpc) is 3.21. The van der Waals surface area contributed by atoms with Crippen LogP contribution in [0.25, 0.3) is 0 Å². The maximum atomic E-state index is 13.4. The van der Waals surface area contributed by atoms with E-state index in [1.165, 1.54) is 12.0 Å². The molecular formula is C32H42ClN3O5. The summed E-state index contributed by atoms with van der Waals surface area (Å²) >= 11 is 6.02. The monoisotopic (exact) mass is 583 g/mol. The summed E-state index contributed by atoms with van der Waals surface area (Å²) < 4.78 is 5.38. The Hall–Kier alpha value is -3.10. The molecule has 1 aliphatic heterocycles. The molecule has 3 amide bonds. The normalized spacial score (nSPS) is 17.1. The Morgan fingerprint density at radius 1 is 1.00 bits per heavy atom. The zero-order valence-electron chi connectivity index (χ0n) is 23.7. The number of halogens is 1. The van der Waals surface area contributed by atoms with E-state index in [9.17, 15) is 19.5 Å². The van der Waals surface area contributed by atoms with Crippen LogP contribution in [0.2, 0.25) is 5.02 Å². The first kappa shape index (κ1) is 30.8. The number of nitrogens with zero attached hydrogens (tertiary/aromatic N) is 1. The lowest BCUT2D eigenvalue weighted by molar-refractivity contribution is -0.125. The third kappa shape index (κ3) is 9.47. The summed E-state index contributed by atoms with van der Waals surface area (Å²) in [5.74, 6) is -0.0691. The predicted octanol–water partition coefficient (Wildman–Crippen LogP) is 5.53. The second-order valence-corrected chi connectivity index (χ2v) is 11.6. The van der Waals surface area contributed by atoms with Crippen LogP contribution in [0.4, 0.5) is 10.5 Å². The molecule has 2 aromatic carbocycles. The highest BCUT2D eigenvalue weighted by Crippen LogP contribution is 2.28. The summed E-state index contributed by atoms with van der Waals surface area (Å²) in [6, 6.07) is 13.6. The summed E-state index contributed by atoms with van der Waals surface area (Å²) in [6.07, 6.45) is 8.66. The number of para-hydroxylation sites is 1. The van der Waals surface area contributed by atoms with E-state index in [0.717, 1.165) is 56.2 Å². The topological polar surface area (TPSA) is 108 Å². The molecule has 0 saturated heterocycles. The molecule has 1 saturated carbocycles. The molecular weight excluding hydrogens is 542 g/mol. The van der Waals surface area contributed by atoms with Gasteiger partial charge in [0.1, 0.15) is 12.6 Å². The number of alkyl carbamates (subject to hydrolysis) is 1. The number of hydrogen-bond donors (Lipinski definition) is 3. The maximum absolute atomic E-state index is 13.4. The summed E-state index contributed by atoms with van der Waals surface area (Å²) in [7, 11) is 0. The Morgan fingerprint density at radius 3 is 2.59 bits per heavy atom. The van der Waals surface area contributed by atoms with E-state index in [2.05, 4.69) is 16.7 Å². The molecule has 0 bridgehead atoms. The number of nitrogens with one attached hydrogen (secondary N) is 2. The van der Waals surface area contributed by atoms with Crippen LogP contribution >= 0.6 is 11.6 Å². The van der Waals surface area contributed by atoms with Gasteiger partial charge in [0.05, 0.1) is 12.6 Å². The number of aryl methyl sites for hydroxylation is 1. The van der Waals surface area contributed by atoms with Crippen molar-refractivity contribution in [2.75, 3.05) is 18.1 Å². The Kier molecular flexibility index (Phi) is 11.9. The Balaban J connectivity index is 1.34. The number of aliphatic hydroxyl groups is 1. The highest BCUT2D eigenvalue weighted by molar-refractivity contribution is 6.30. The van der Waals surface area contributed by atoms with Gasteiger partial charge in [-0.05, 0) is 67.3 Å². The van der Waals surface area contributed by atoms with Crippen LogP contribution < -0.4 is 15.5 Å². The van der Waals surface area contributed by atoms with Crippen LogP contribution in [0.1, 0.15) is 75.3 Å². The predicted molar refractivity (Wildman–Crippen MR) is 160 cm³/mol. The molecule has 1 aliphatic carbocycles. The fraction of sp³-hybridized carbons (Fsp3) is 0.531. The van der Waals surface area contributed by atoms with E-state index in [1.54, 1.807) is 18.2 Å². The smallest absolute Gasteiger partial charge is 0.408 e. The zero-order chi connectivity index (χ0) is 29.0. The van der Waals surface area contributed by atoms with Crippen molar-refractivity contribution in [1.29, 1.82) is 0 Å². The molecule has 1 fully saturated rings. The number of hydrogen-bond acceptors (Lipinski definition) is 5. The number of carbonyl (C=O) groups excluding carboxylic acids is 3. The Bertz CT molecular complexity index is 1170. The third-order valence-electron chi connectivity index (χ3n) is 8.10. The van der Waals surface area contributed by atoms with Crippen molar-refractivity contribution in [3.63, 3.8) is 0 Å². The first-order valence-corrected chi connectivity index (χ1v) is 15.3. The lowest BCUT2D eigenvalue weighted by Crippen LogP contribution is -2.51. The number of ether oxygens (including phenoxy) is 1. The number of amides is 3. The van der Waals surface area contributed by atoms with Gasteiger partial charge in [-0.3, -0.25) is 9.59 Å². The molecule has 0 radical (unpaired) electrons. The fourth-order valence-corrected chi connectivity index (χ4v) is 6.05. The summed E-state index contributed by atoms with van der Waals surface area (Å²) in [5, 5.41) is 16.2. The number of benzene rings is 2. The van der Waals surface area contributed by atoms with Crippen LogP contribution in [-0.2, 0) is 27.4 Å². The molecule has 222 valence electrons. The zero-order valence-corrected chi connectivity index (χ0v) is 24.4. The SMILES string of the molecule is O=C(N[C@@H](CC1CCCCC1)C(=O)N[C@H](CO)CCC(=O)N1CCCCc2ccccc21)OCc1cccc(Cl)c1. The van der Waals surface area contributed by atoms with Crippen molar-refractivity contribution in [2.24, 2.45) is 5.92 Å². The van der Waals surface area contributed by atoms with Crippen LogP contribution in [0, 0.1) is 5.92 Å². The first-order chi connectivity index (χ1) is 19.9. The second kappa shape index (κ2) is 15.8. The molecule has 2 aromatic rings. The maximum Gasteiger partial charge on any atom is 0.408 e. The number of anilines is 1. The summed E-state index contributed by atoms with van der Waals surface area (Å²) in [6.45, 7) is 0.396. The molecule has 41 heavy (non-hydrogen) atoms. The summed E-state index contributed by atoms with van der Waals surface area (Å²) in [4.78, 5) is 41.1. The second-order valence-electron chi connectivity index (χ2n) is 11.2. The minimum Gasteiger partial charge on any atom is -0.445 e. The Morgan fingerprint density at radius 2 is 1.80 bits per heavy atom. The first-order valence-electron chi connectivity index (χ1n) is 14.9. The van der Waals surface area contributed by atoms with Gasteiger partial charge in [0.25, 0.3) is 0 Å². The fourth-order valence-electron chi connectivity index (χ4n) is 5.84. The van der Waals surface area contributed by atoms with Crippen molar-refractivity contribution >= 4 is 35.2 Å². The molecule has 3 N–H and O–H groups in total. The lowest BCUT2D eigenvalue weighted by atomic mass is 9.84. The molecule has 4 rings (SSSR count). The quantitative estimate of drug-likeness (QED) is 0.322. The van der Waals surface area contributed by atoms with E-state index >= 15 is 0 Å². The third-order valence-corrected chi connectivity index (χ3v) is 8.33. The van der Waals surface area contributed by atoms with E-state index in [-0.39, 0.29) is 31.4 Å². The lowest BCUT2D eigenvalue weighted by Gasteiger charge is -2.28. The molecule has 0 unspecified atom stereocenters. The van der Waals surface area contributed by atoms with Gasteiger partial charge in [0.15, 0.2) is 0 Å². The van der Waals surface area contributed by atoms with Gasteiger partial charge in [-0.25, -0.2) is 4.79 Å². The number of fused-ring (bicyclic) bond motifs is 1. The van der Waals surface area contributed by atoms with Gasteiger partial charge in [-0.2, -0.15) is 0 Å². The number of rotatable bonds is 11. The van der Waals surface area contributed by atoms with Crippen molar-refractivity contribution in [2.45, 2.75) is 89.3 Å². The molecule has 8 nitrogen and oxygen atoms in total. The van der Waals surface area contributed by atoms with Crippen LogP contribution in [0.3, 0.4) is 0 Å². The van der Waals surface area contributed by atoms with Crippen molar-refractivity contribution in [1.82, 2.24) is 10.6 Å². The van der Waals surface area contributed by atoms with Crippen LogP contribution in [-0.4, -0.2) is 48.2 Å². The van der Waals surface area contributed by atoms with E-state index in [4.69, 9.17) is 16.3 Å². The molecule has 1 heterocycles. The highest BCUT2D eigenvalue weighted by atomic mass is 35.5. The molecule has 2 aliphatic rings. The van der Waals surface area contributed by atoms with Gasteiger partial charge in [-0.1, -0.05) is 74.0 Å². The van der Waals surface area contributed by atoms with Crippen molar-refractivity contribution in [3.8, 4) is 0 Å². The number of aliphatic hydroxyl groups excluding tert-OH is 1. The molecule has 9 heteroatoms. The molecule has 0 aromatic heterocycles. The van der Waals surface area contributed by atoms with E-state index in [1.807, 2.05) is 29.2 Å². The van der Waals surface area contributed by atoms with Gasteiger partial charge < -0.3 is 25.4 Å². The van der Waals surface area contributed by atoms with E-state index in [0.29, 0.717) is 30.3 Å². The molecule has 0 spiro atoms. The highest BCUT2D eigenvalue weighted by Gasteiger charge is 2.29. The van der Waals surface area contributed by atoms with E-state index < -0.39 is 18.2 Å². The van der Waals surface area contributed by atoms with Gasteiger partial charge in [-0.15, -0.1) is 0 Å². The minimum atomic E-state index is -0.799.